The molecule has 0 unspecified atom stereocenters. The molecule has 1 rings (SSSR count). The van der Waals surface area contributed by atoms with Crippen molar-refractivity contribution >= 4 is 34.1 Å². The molecule has 1 aromatic rings. The molecule has 0 radical (unpaired) electrons. The molecule has 8 heteroatoms. The second-order valence-electron chi connectivity index (χ2n) is 4.31. The maximum Gasteiger partial charge on any atom is 0.268 e. The Bertz CT molecular complexity index is 474. The molecule has 0 aliphatic heterocycles. The number of thiazole rings is 1. The number of carbonyl (C=O) groups is 2. The van der Waals surface area contributed by atoms with Gasteiger partial charge in [-0.3, -0.25) is 9.59 Å². The maximum atomic E-state index is 12.4. The highest BCUT2D eigenvalue weighted by molar-refractivity contribution is 7.18. The van der Waals surface area contributed by atoms with E-state index in [-0.39, 0.29) is 18.3 Å². The average molecular weight is 299 g/mol. The Kier molecular flexibility index (Phi) is 6.23. The van der Waals surface area contributed by atoms with Gasteiger partial charge in [0.2, 0.25) is 5.91 Å². The molecule has 112 valence electrons. The summed E-state index contributed by atoms with van der Waals surface area (Å²) in [4.78, 5) is 29.3. The number of nitrogens with one attached hydrogen (secondary N) is 1. The minimum atomic E-state index is -0.538. The minimum Gasteiger partial charge on any atom is -0.382 e. The van der Waals surface area contributed by atoms with Crippen LogP contribution in [-0.2, 0) is 4.79 Å². The van der Waals surface area contributed by atoms with Crippen LogP contribution in [0, 0.1) is 0 Å². The largest absolute Gasteiger partial charge is 0.382 e. The molecule has 0 aliphatic carbocycles. The number of amides is 2. The van der Waals surface area contributed by atoms with E-state index in [0.29, 0.717) is 23.1 Å². The predicted octanol–water partition coefficient (Wildman–Crippen LogP) is 0.885. The van der Waals surface area contributed by atoms with Crippen molar-refractivity contribution < 1.29 is 9.59 Å². The Morgan fingerprint density at radius 2 is 2.10 bits per heavy atom. The first kappa shape index (κ1) is 16.2. The summed E-state index contributed by atoms with van der Waals surface area (Å²) in [6.07, 6.45) is 1.72. The summed E-state index contributed by atoms with van der Waals surface area (Å²) in [5.41, 5.74) is 10.9. The first-order chi connectivity index (χ1) is 9.49. The number of hydrogen-bond donors (Lipinski definition) is 3. The van der Waals surface area contributed by atoms with Gasteiger partial charge < -0.3 is 21.7 Å². The Hall–Kier alpha value is -1.83. The molecular formula is C12H21N5O2S. The van der Waals surface area contributed by atoms with Gasteiger partial charge in [-0.05, 0) is 13.3 Å². The second kappa shape index (κ2) is 7.68. The lowest BCUT2D eigenvalue weighted by Gasteiger charge is -2.20. The Morgan fingerprint density at radius 3 is 2.65 bits per heavy atom. The van der Waals surface area contributed by atoms with E-state index in [1.807, 2.05) is 13.8 Å². The lowest BCUT2D eigenvalue weighted by atomic mass is 10.3. The number of unbranched alkanes of at least 4 members (excludes halogenated alkanes) is 1. The van der Waals surface area contributed by atoms with Gasteiger partial charge >= 0.3 is 0 Å². The van der Waals surface area contributed by atoms with Crippen molar-refractivity contribution in [1.82, 2.24) is 9.88 Å². The zero-order chi connectivity index (χ0) is 15.1. The third-order valence-corrected chi connectivity index (χ3v) is 3.61. The Morgan fingerprint density at radius 1 is 1.40 bits per heavy atom. The fraction of sp³-hybridized carbons (Fsp3) is 0.583. The molecule has 1 aromatic heterocycles. The normalized spacial score (nSPS) is 10.3. The molecule has 0 saturated heterocycles. The lowest BCUT2D eigenvalue weighted by molar-refractivity contribution is -0.118. The number of aromatic nitrogens is 1. The summed E-state index contributed by atoms with van der Waals surface area (Å²) >= 11 is 1.19. The molecule has 0 atom stereocenters. The standard InChI is InChI=1S/C12H21N5O2S/c1-3-5-6-17(7-8(13)18)11(19)9-10(14)16-12(20-9)15-4-2/h3-7,14H2,1-2H3,(H2,13,18)(H,15,16). The third-order valence-electron chi connectivity index (χ3n) is 2.59. The summed E-state index contributed by atoms with van der Waals surface area (Å²) in [7, 11) is 0. The van der Waals surface area contributed by atoms with Crippen LogP contribution < -0.4 is 16.8 Å². The number of nitrogen functional groups attached to an aromatic ring is 1. The molecule has 7 nitrogen and oxygen atoms in total. The SMILES string of the molecule is CCCCN(CC(N)=O)C(=O)c1sc(NCC)nc1N. The number of anilines is 2. The number of primary amides is 1. The number of rotatable bonds is 8. The van der Waals surface area contributed by atoms with E-state index < -0.39 is 5.91 Å². The monoisotopic (exact) mass is 299 g/mol. The summed E-state index contributed by atoms with van der Waals surface area (Å²) in [6.45, 7) is 5.01. The first-order valence-corrected chi connectivity index (χ1v) is 7.38. The quantitative estimate of drug-likeness (QED) is 0.659. The topological polar surface area (TPSA) is 114 Å². The zero-order valence-corrected chi connectivity index (χ0v) is 12.6. The van der Waals surface area contributed by atoms with Crippen LogP contribution in [0.15, 0.2) is 0 Å². The highest BCUT2D eigenvalue weighted by Crippen LogP contribution is 2.26. The zero-order valence-electron chi connectivity index (χ0n) is 11.8. The van der Waals surface area contributed by atoms with E-state index in [2.05, 4.69) is 10.3 Å². The van der Waals surface area contributed by atoms with Gasteiger partial charge in [-0.25, -0.2) is 4.98 Å². The third kappa shape index (κ3) is 4.37. The molecule has 0 spiro atoms. The van der Waals surface area contributed by atoms with Gasteiger partial charge in [0.15, 0.2) is 5.13 Å². The van der Waals surface area contributed by atoms with E-state index in [9.17, 15) is 9.59 Å². The molecule has 0 bridgehead atoms. The summed E-state index contributed by atoms with van der Waals surface area (Å²) in [6, 6.07) is 0. The molecule has 20 heavy (non-hydrogen) atoms. The van der Waals surface area contributed by atoms with Crippen LogP contribution in [-0.4, -0.2) is 41.3 Å². The van der Waals surface area contributed by atoms with E-state index in [1.165, 1.54) is 16.2 Å². The van der Waals surface area contributed by atoms with Gasteiger partial charge in [0.25, 0.3) is 5.91 Å². The van der Waals surface area contributed by atoms with Crippen molar-refractivity contribution in [1.29, 1.82) is 0 Å². The molecule has 1 heterocycles. The summed E-state index contributed by atoms with van der Waals surface area (Å²) < 4.78 is 0. The predicted molar refractivity (Wildman–Crippen MR) is 80.7 cm³/mol. The molecule has 0 aliphatic rings. The molecule has 0 fully saturated rings. The van der Waals surface area contributed by atoms with Crippen molar-refractivity contribution in [3.05, 3.63) is 4.88 Å². The maximum absolute atomic E-state index is 12.4. The molecule has 5 N–H and O–H groups in total. The van der Waals surface area contributed by atoms with Gasteiger partial charge in [-0.2, -0.15) is 0 Å². The number of carbonyl (C=O) groups excluding carboxylic acids is 2. The van der Waals surface area contributed by atoms with Crippen molar-refractivity contribution in [2.75, 3.05) is 30.7 Å². The average Bonchev–Trinajstić information content (AvgIpc) is 2.74. The van der Waals surface area contributed by atoms with Gasteiger partial charge in [0.05, 0.1) is 6.54 Å². The first-order valence-electron chi connectivity index (χ1n) is 6.57. The lowest BCUT2D eigenvalue weighted by Crippen LogP contribution is -2.39. The van der Waals surface area contributed by atoms with E-state index in [4.69, 9.17) is 11.5 Å². The van der Waals surface area contributed by atoms with Gasteiger partial charge in [-0.1, -0.05) is 24.7 Å². The van der Waals surface area contributed by atoms with Gasteiger partial charge in [0.1, 0.15) is 10.7 Å². The van der Waals surface area contributed by atoms with Crippen LogP contribution in [0.25, 0.3) is 0 Å². The highest BCUT2D eigenvalue weighted by Gasteiger charge is 2.23. The van der Waals surface area contributed by atoms with Gasteiger partial charge in [-0.15, -0.1) is 0 Å². The van der Waals surface area contributed by atoms with Crippen LogP contribution in [0.2, 0.25) is 0 Å². The van der Waals surface area contributed by atoms with Crippen LogP contribution in [0.5, 0.6) is 0 Å². The van der Waals surface area contributed by atoms with Crippen molar-refractivity contribution in [3.63, 3.8) is 0 Å². The molecule has 0 aromatic carbocycles. The van der Waals surface area contributed by atoms with Crippen molar-refractivity contribution in [2.45, 2.75) is 26.7 Å². The smallest absolute Gasteiger partial charge is 0.268 e. The van der Waals surface area contributed by atoms with Crippen molar-refractivity contribution in [2.24, 2.45) is 5.73 Å². The van der Waals surface area contributed by atoms with Crippen LogP contribution in [0.1, 0.15) is 36.4 Å². The second-order valence-corrected chi connectivity index (χ2v) is 5.31. The van der Waals surface area contributed by atoms with Crippen molar-refractivity contribution in [3.8, 4) is 0 Å². The number of nitrogens with two attached hydrogens (primary N) is 2. The van der Waals surface area contributed by atoms with Crippen LogP contribution >= 0.6 is 11.3 Å². The fourth-order valence-electron chi connectivity index (χ4n) is 1.65. The number of hydrogen-bond acceptors (Lipinski definition) is 6. The Labute approximate surface area is 122 Å². The van der Waals surface area contributed by atoms with Crippen LogP contribution in [0.3, 0.4) is 0 Å². The number of nitrogens with zero attached hydrogens (tertiary/aromatic N) is 2. The van der Waals surface area contributed by atoms with E-state index >= 15 is 0 Å². The molecule has 0 saturated carbocycles. The summed E-state index contributed by atoms with van der Waals surface area (Å²) in [5.74, 6) is -0.650. The van der Waals surface area contributed by atoms with Gasteiger partial charge in [0, 0.05) is 13.1 Å². The Balaban J connectivity index is 2.89. The molecule has 2 amide bonds. The van der Waals surface area contributed by atoms with Crippen LogP contribution in [0.4, 0.5) is 10.9 Å². The van der Waals surface area contributed by atoms with E-state index in [1.54, 1.807) is 0 Å². The van der Waals surface area contributed by atoms with E-state index in [0.717, 1.165) is 12.8 Å². The minimum absolute atomic E-state index is 0.104. The molecular weight excluding hydrogens is 278 g/mol. The highest BCUT2D eigenvalue weighted by atomic mass is 32.1. The summed E-state index contributed by atoms with van der Waals surface area (Å²) in [5, 5.41) is 3.61. The fourth-order valence-corrected chi connectivity index (χ4v) is 2.57.